The van der Waals surface area contributed by atoms with E-state index in [0.717, 1.165) is 56.4 Å². The minimum Gasteiger partial charge on any atom is -0.438 e. The fourth-order valence-electron chi connectivity index (χ4n) is 11.4. The number of rotatable bonds is 6. The molecule has 6 aromatic carbocycles. The maximum atomic E-state index is 6.20. The minimum absolute atomic E-state index is 0.335. The van der Waals surface area contributed by atoms with Crippen molar-refractivity contribution in [3.05, 3.63) is 157 Å². The SMILES string of the molecule is Cc1ccc(-c2ccc(-c3ccc(-c4nc(-c5ccc(C67CC8CC(CC(C8)C6)C7)cc5)nc(-c5ccnc6oc7ccccc7c56)n4)cc3)c3ccccc23)cc1. The van der Waals surface area contributed by atoms with Gasteiger partial charge in [0.05, 0.1) is 5.39 Å². The predicted molar refractivity (Wildman–Crippen MR) is 234 cm³/mol. The number of hydrogen-bond acceptors (Lipinski definition) is 5. The summed E-state index contributed by atoms with van der Waals surface area (Å²) < 4.78 is 6.20. The zero-order chi connectivity index (χ0) is 38.4. The molecule has 58 heavy (non-hydrogen) atoms. The van der Waals surface area contributed by atoms with Crippen molar-refractivity contribution in [2.75, 3.05) is 0 Å². The van der Waals surface area contributed by atoms with Crippen LogP contribution in [0.15, 0.2) is 150 Å². The van der Waals surface area contributed by atoms with Gasteiger partial charge in [0.1, 0.15) is 5.58 Å². The molecule has 0 unspecified atom stereocenters. The molecule has 0 N–H and O–H groups in total. The van der Waals surface area contributed by atoms with Crippen molar-refractivity contribution in [1.29, 1.82) is 0 Å². The van der Waals surface area contributed by atoms with Crippen LogP contribution in [-0.2, 0) is 5.41 Å². The monoisotopic (exact) mass is 750 g/mol. The first-order valence-electron chi connectivity index (χ1n) is 20.9. The van der Waals surface area contributed by atoms with Crippen LogP contribution in [0, 0.1) is 24.7 Å². The molecule has 3 aromatic heterocycles. The summed E-state index contributed by atoms with van der Waals surface area (Å²) in [7, 11) is 0. The quantitative estimate of drug-likeness (QED) is 0.169. The van der Waals surface area contributed by atoms with E-state index < -0.39 is 0 Å². The van der Waals surface area contributed by atoms with E-state index in [9.17, 15) is 0 Å². The largest absolute Gasteiger partial charge is 0.438 e. The number of para-hydroxylation sites is 1. The molecule has 4 aliphatic rings. The van der Waals surface area contributed by atoms with Crippen LogP contribution >= 0.6 is 0 Å². The molecular weight excluding hydrogens is 709 g/mol. The van der Waals surface area contributed by atoms with Gasteiger partial charge in [-0.3, -0.25) is 0 Å². The van der Waals surface area contributed by atoms with Gasteiger partial charge in [-0.25, -0.2) is 19.9 Å². The molecule has 3 heterocycles. The van der Waals surface area contributed by atoms with Crippen LogP contribution in [0.1, 0.15) is 49.7 Å². The maximum Gasteiger partial charge on any atom is 0.228 e. The Hall–Kier alpha value is -6.46. The lowest BCUT2D eigenvalue weighted by atomic mass is 9.48. The molecule has 4 saturated carbocycles. The van der Waals surface area contributed by atoms with E-state index in [1.54, 1.807) is 6.20 Å². The summed E-state index contributed by atoms with van der Waals surface area (Å²) in [6, 6.07) is 50.0. The van der Waals surface area contributed by atoms with Gasteiger partial charge < -0.3 is 4.42 Å². The van der Waals surface area contributed by atoms with Gasteiger partial charge in [0.2, 0.25) is 5.71 Å². The summed E-state index contributed by atoms with van der Waals surface area (Å²) in [5.74, 6) is 4.60. The average Bonchev–Trinajstić information content (AvgIpc) is 3.65. The third kappa shape index (κ3) is 5.51. The first kappa shape index (κ1) is 33.7. The van der Waals surface area contributed by atoms with Crippen LogP contribution < -0.4 is 0 Å². The van der Waals surface area contributed by atoms with Gasteiger partial charge in [0.15, 0.2) is 17.5 Å². The van der Waals surface area contributed by atoms with Crippen LogP contribution in [-0.4, -0.2) is 19.9 Å². The Morgan fingerprint density at radius 3 is 1.59 bits per heavy atom. The van der Waals surface area contributed by atoms with E-state index in [-0.39, 0.29) is 0 Å². The Bertz CT molecular complexity index is 3000. The third-order valence-corrected chi connectivity index (χ3v) is 13.7. The van der Waals surface area contributed by atoms with Crippen LogP contribution in [0.3, 0.4) is 0 Å². The lowest BCUT2D eigenvalue weighted by Crippen LogP contribution is -2.48. The average molecular weight is 751 g/mol. The second kappa shape index (κ2) is 13.0. The molecule has 0 amide bonds. The molecule has 280 valence electrons. The topological polar surface area (TPSA) is 64.7 Å². The van der Waals surface area contributed by atoms with Crippen molar-refractivity contribution in [2.45, 2.75) is 50.9 Å². The fourth-order valence-corrected chi connectivity index (χ4v) is 11.4. The Kier molecular flexibility index (Phi) is 7.57. The Labute approximate surface area is 337 Å². The Morgan fingerprint density at radius 1 is 0.483 bits per heavy atom. The summed E-state index contributed by atoms with van der Waals surface area (Å²) in [4.78, 5) is 20.2. The Morgan fingerprint density at radius 2 is 0.983 bits per heavy atom. The van der Waals surface area contributed by atoms with Crippen molar-refractivity contribution in [3.63, 3.8) is 0 Å². The van der Waals surface area contributed by atoms with Gasteiger partial charge in [-0.05, 0) is 119 Å². The third-order valence-electron chi connectivity index (χ3n) is 13.7. The first-order chi connectivity index (χ1) is 28.5. The highest BCUT2D eigenvalue weighted by Gasteiger charge is 2.51. The van der Waals surface area contributed by atoms with Gasteiger partial charge in [-0.2, -0.15) is 0 Å². The highest BCUT2D eigenvalue weighted by Crippen LogP contribution is 2.60. The molecule has 0 aliphatic heterocycles. The smallest absolute Gasteiger partial charge is 0.228 e. The van der Waals surface area contributed by atoms with Crippen molar-refractivity contribution >= 4 is 32.8 Å². The number of aryl methyl sites for hydroxylation is 1. The van der Waals surface area contributed by atoms with E-state index in [2.05, 4.69) is 127 Å². The normalized spacial score (nSPS) is 21.0. The molecule has 4 bridgehead atoms. The van der Waals surface area contributed by atoms with E-state index in [0.29, 0.717) is 28.6 Å². The van der Waals surface area contributed by atoms with Gasteiger partial charge in [-0.1, -0.05) is 133 Å². The van der Waals surface area contributed by atoms with E-state index >= 15 is 0 Å². The van der Waals surface area contributed by atoms with Crippen molar-refractivity contribution in [1.82, 2.24) is 19.9 Å². The van der Waals surface area contributed by atoms with Crippen LogP contribution in [0.25, 0.3) is 89.3 Å². The molecule has 4 fully saturated rings. The van der Waals surface area contributed by atoms with Crippen molar-refractivity contribution < 1.29 is 4.42 Å². The molecule has 9 aromatic rings. The molecule has 0 atom stereocenters. The van der Waals surface area contributed by atoms with Crippen molar-refractivity contribution in [2.24, 2.45) is 17.8 Å². The zero-order valence-corrected chi connectivity index (χ0v) is 32.5. The number of aromatic nitrogens is 4. The van der Waals surface area contributed by atoms with Crippen molar-refractivity contribution in [3.8, 4) is 56.4 Å². The molecule has 0 radical (unpaired) electrons. The Balaban J connectivity index is 0.960. The number of benzene rings is 6. The predicted octanol–water partition coefficient (Wildman–Crippen LogP) is 13.4. The minimum atomic E-state index is 0.335. The molecule has 0 saturated heterocycles. The number of hydrogen-bond donors (Lipinski definition) is 0. The number of furan rings is 1. The summed E-state index contributed by atoms with van der Waals surface area (Å²) >= 11 is 0. The number of fused-ring (bicyclic) bond motifs is 4. The number of pyridine rings is 1. The lowest BCUT2D eigenvalue weighted by Gasteiger charge is -2.57. The number of nitrogens with zero attached hydrogens (tertiary/aromatic N) is 4. The standard InChI is InChI=1S/C53H42N4O/c1-32-10-12-36(13-11-32)41-22-23-42(44-7-3-2-6-43(41)44)37-14-16-38(17-15-37)49-55-50(39-18-20-40(21-19-39)53-29-33-26-34(30-53)28-35(27-33)31-53)57-51(56-49)46-24-25-54-52-48(46)45-8-4-5-9-47(45)58-52/h2-25,33-35H,26-31H2,1H3. The van der Waals surface area contributed by atoms with E-state index in [1.165, 1.54) is 77.1 Å². The molecule has 13 rings (SSSR count). The highest BCUT2D eigenvalue weighted by molar-refractivity contribution is 6.10. The molecule has 5 nitrogen and oxygen atoms in total. The van der Waals surface area contributed by atoms with Crippen LogP contribution in [0.5, 0.6) is 0 Å². The van der Waals surface area contributed by atoms with E-state index in [4.69, 9.17) is 19.4 Å². The van der Waals surface area contributed by atoms with Gasteiger partial charge in [0, 0.05) is 28.3 Å². The molecule has 5 heteroatoms. The van der Waals surface area contributed by atoms with Gasteiger partial charge >= 0.3 is 0 Å². The molecule has 4 aliphatic carbocycles. The van der Waals surface area contributed by atoms with Crippen LogP contribution in [0.4, 0.5) is 0 Å². The van der Waals surface area contributed by atoms with E-state index in [1.807, 2.05) is 24.3 Å². The molecular formula is C53H42N4O. The summed E-state index contributed by atoms with van der Waals surface area (Å²) in [5, 5.41) is 4.37. The fraction of sp³-hybridized carbons (Fsp3) is 0.208. The summed E-state index contributed by atoms with van der Waals surface area (Å²) in [6.45, 7) is 2.13. The lowest BCUT2D eigenvalue weighted by molar-refractivity contribution is -0.00518. The summed E-state index contributed by atoms with van der Waals surface area (Å²) in [5.41, 5.74) is 12.1. The summed E-state index contributed by atoms with van der Waals surface area (Å²) in [6.07, 6.45) is 10.2. The first-order valence-corrected chi connectivity index (χ1v) is 20.9. The molecule has 0 spiro atoms. The highest BCUT2D eigenvalue weighted by atomic mass is 16.3. The van der Waals surface area contributed by atoms with Gasteiger partial charge in [-0.15, -0.1) is 0 Å². The second-order valence-corrected chi connectivity index (χ2v) is 17.4. The van der Waals surface area contributed by atoms with Crippen LogP contribution in [0.2, 0.25) is 0 Å². The maximum absolute atomic E-state index is 6.20. The van der Waals surface area contributed by atoms with Gasteiger partial charge in [0.25, 0.3) is 0 Å². The second-order valence-electron chi connectivity index (χ2n) is 17.4. The zero-order valence-electron chi connectivity index (χ0n) is 32.5.